The number of rotatable bonds is 5. The lowest BCUT2D eigenvalue weighted by atomic mass is 9.91. The highest BCUT2D eigenvalue weighted by atomic mass is 16.5. The number of aromatic nitrogens is 3. The fourth-order valence-electron chi connectivity index (χ4n) is 3.20. The number of hydrogen-bond acceptors (Lipinski definition) is 5. The van der Waals surface area contributed by atoms with Crippen LogP contribution in [0.1, 0.15) is 74.9 Å². The van der Waals surface area contributed by atoms with Gasteiger partial charge in [-0.05, 0) is 52.0 Å². The van der Waals surface area contributed by atoms with E-state index < -0.39 is 5.97 Å². The molecular formula is C23H31N5O3. The zero-order valence-corrected chi connectivity index (χ0v) is 19.2. The van der Waals surface area contributed by atoms with E-state index in [1.165, 1.54) is 0 Å². The summed E-state index contributed by atoms with van der Waals surface area (Å²) in [5, 5.41) is 10.8. The van der Waals surface area contributed by atoms with E-state index in [9.17, 15) is 9.59 Å². The number of benzene rings is 1. The van der Waals surface area contributed by atoms with Gasteiger partial charge in [-0.25, -0.2) is 4.79 Å². The van der Waals surface area contributed by atoms with Crippen molar-refractivity contribution in [3.8, 4) is 0 Å². The van der Waals surface area contributed by atoms with Crippen molar-refractivity contribution in [2.75, 3.05) is 17.2 Å². The molecule has 0 bridgehead atoms. The zero-order chi connectivity index (χ0) is 23.0. The average molecular weight is 426 g/mol. The van der Waals surface area contributed by atoms with Gasteiger partial charge in [0.15, 0.2) is 0 Å². The highest BCUT2D eigenvalue weighted by Crippen LogP contribution is 2.32. The molecule has 0 aliphatic rings. The smallest absolute Gasteiger partial charge is 0.338 e. The van der Waals surface area contributed by atoms with Crippen molar-refractivity contribution in [1.29, 1.82) is 0 Å². The molecule has 0 aliphatic heterocycles. The summed E-state index contributed by atoms with van der Waals surface area (Å²) in [6, 6.07) is 6.59. The van der Waals surface area contributed by atoms with Crippen LogP contribution in [0.5, 0.6) is 0 Å². The maximum absolute atomic E-state index is 13.0. The van der Waals surface area contributed by atoms with Gasteiger partial charge in [-0.15, -0.1) is 0 Å². The fraction of sp³-hybridized carbons (Fsp3) is 0.435. The Labute approximate surface area is 182 Å². The number of esters is 1. The van der Waals surface area contributed by atoms with Crippen molar-refractivity contribution >= 4 is 29.0 Å². The molecule has 0 radical (unpaired) electrons. The molecule has 8 nitrogen and oxygen atoms in total. The summed E-state index contributed by atoms with van der Waals surface area (Å²) in [5.41, 5.74) is 2.69. The summed E-state index contributed by atoms with van der Waals surface area (Å²) in [4.78, 5) is 28.2. The van der Waals surface area contributed by atoms with Crippen LogP contribution in [0.3, 0.4) is 0 Å². The molecule has 0 aliphatic carbocycles. The predicted molar refractivity (Wildman–Crippen MR) is 122 cm³/mol. The van der Waals surface area contributed by atoms with E-state index in [2.05, 4.69) is 62.3 Å². The van der Waals surface area contributed by atoms with Crippen LogP contribution in [0, 0.1) is 0 Å². The van der Waals surface area contributed by atoms with E-state index in [0.29, 0.717) is 29.1 Å². The molecule has 166 valence electrons. The van der Waals surface area contributed by atoms with Crippen molar-refractivity contribution in [3.05, 3.63) is 47.3 Å². The number of amides is 1. The van der Waals surface area contributed by atoms with Crippen molar-refractivity contribution in [2.45, 2.75) is 59.4 Å². The third-order valence-electron chi connectivity index (χ3n) is 4.60. The third-order valence-corrected chi connectivity index (χ3v) is 4.60. The number of H-pyrrole nitrogens is 1. The van der Waals surface area contributed by atoms with E-state index in [1.54, 1.807) is 41.9 Å². The molecule has 0 saturated carbocycles. The number of carbonyl (C=O) groups excluding carboxylic acids is 2. The van der Waals surface area contributed by atoms with E-state index >= 15 is 0 Å². The number of nitrogens with zero attached hydrogens (tertiary/aromatic N) is 2. The van der Waals surface area contributed by atoms with Crippen LogP contribution in [-0.2, 0) is 10.2 Å². The Morgan fingerprint density at radius 2 is 1.74 bits per heavy atom. The van der Waals surface area contributed by atoms with E-state index in [4.69, 9.17) is 4.74 Å². The van der Waals surface area contributed by atoms with Gasteiger partial charge in [0.05, 0.1) is 24.1 Å². The van der Waals surface area contributed by atoms with Gasteiger partial charge < -0.3 is 20.4 Å². The van der Waals surface area contributed by atoms with Crippen LogP contribution < -0.4 is 10.6 Å². The van der Waals surface area contributed by atoms with Crippen LogP contribution in [0.4, 0.5) is 11.5 Å². The molecule has 3 N–H and O–H groups in total. The molecule has 0 atom stereocenters. The monoisotopic (exact) mass is 425 g/mol. The van der Waals surface area contributed by atoms with E-state index in [0.717, 1.165) is 11.5 Å². The number of fused-ring (bicyclic) bond motifs is 1. The maximum atomic E-state index is 13.0. The quantitative estimate of drug-likeness (QED) is 0.519. The van der Waals surface area contributed by atoms with Gasteiger partial charge in [-0.2, -0.15) is 9.61 Å². The second kappa shape index (κ2) is 8.09. The molecule has 1 aromatic carbocycles. The van der Waals surface area contributed by atoms with Gasteiger partial charge in [0.25, 0.3) is 5.91 Å². The number of nitrogens with one attached hydrogen (secondary N) is 3. The lowest BCUT2D eigenvalue weighted by Crippen LogP contribution is -2.29. The molecule has 31 heavy (non-hydrogen) atoms. The van der Waals surface area contributed by atoms with Crippen LogP contribution in [0.25, 0.3) is 5.65 Å². The largest absolute Gasteiger partial charge is 0.462 e. The maximum Gasteiger partial charge on any atom is 0.338 e. The number of ether oxygens (including phenoxy) is 1. The number of carbonyl (C=O) groups is 2. The van der Waals surface area contributed by atoms with Crippen molar-refractivity contribution in [3.63, 3.8) is 0 Å². The summed E-state index contributed by atoms with van der Waals surface area (Å²) in [5.74, 6) is 0.162. The molecule has 3 aromatic rings. The van der Waals surface area contributed by atoms with Gasteiger partial charge in [-0.1, -0.05) is 20.8 Å². The highest BCUT2D eigenvalue weighted by molar-refractivity contribution is 6.08. The Morgan fingerprint density at radius 1 is 1.10 bits per heavy atom. The Kier molecular flexibility index (Phi) is 5.85. The summed E-state index contributed by atoms with van der Waals surface area (Å²) in [7, 11) is 0. The first-order valence-electron chi connectivity index (χ1n) is 10.4. The molecular weight excluding hydrogens is 394 g/mol. The number of imidazole rings is 1. The second-order valence-corrected chi connectivity index (χ2v) is 9.54. The van der Waals surface area contributed by atoms with Crippen molar-refractivity contribution in [2.24, 2.45) is 0 Å². The predicted octanol–water partition coefficient (Wildman–Crippen LogP) is 4.60. The first-order chi connectivity index (χ1) is 14.4. The first kappa shape index (κ1) is 22.4. The van der Waals surface area contributed by atoms with Gasteiger partial charge in [0.2, 0.25) is 0 Å². The summed E-state index contributed by atoms with van der Waals surface area (Å²) in [6.07, 6.45) is 1.55. The minimum absolute atomic E-state index is 0.176. The Bertz CT molecular complexity index is 1100. The topological polar surface area (TPSA) is 101 Å². The Hall–Kier alpha value is -3.29. The lowest BCUT2D eigenvalue weighted by Gasteiger charge is -2.25. The fourth-order valence-corrected chi connectivity index (χ4v) is 3.20. The third kappa shape index (κ3) is 4.90. The minimum atomic E-state index is -0.390. The zero-order valence-electron chi connectivity index (χ0n) is 19.2. The van der Waals surface area contributed by atoms with Crippen LogP contribution in [0.15, 0.2) is 30.5 Å². The molecule has 3 rings (SSSR count). The molecule has 2 heterocycles. The van der Waals surface area contributed by atoms with Crippen LogP contribution in [0.2, 0.25) is 0 Å². The molecule has 0 unspecified atom stereocenters. The van der Waals surface area contributed by atoms with Crippen LogP contribution in [-0.4, -0.2) is 38.6 Å². The van der Waals surface area contributed by atoms with Crippen molar-refractivity contribution in [1.82, 2.24) is 14.6 Å². The summed E-state index contributed by atoms with van der Waals surface area (Å²) < 4.78 is 6.72. The summed E-state index contributed by atoms with van der Waals surface area (Å²) >= 11 is 0. The standard InChI is InChI=1S/C23H31N5O3/c1-8-31-21(30)14-9-11-15(12-10-14)25-20(29)16-13-24-28-18(16)26-17(22(2,3)4)19(28)27-23(5,6)7/h9-13,26-27H,8H2,1-7H3,(H,25,29). The number of hydrogen-bond donors (Lipinski definition) is 3. The molecule has 8 heteroatoms. The van der Waals surface area contributed by atoms with E-state index in [-0.39, 0.29) is 16.9 Å². The molecule has 0 saturated heterocycles. The molecule has 0 fully saturated rings. The Balaban J connectivity index is 1.91. The van der Waals surface area contributed by atoms with Gasteiger partial charge in [-0.3, -0.25) is 4.79 Å². The Morgan fingerprint density at radius 3 is 2.29 bits per heavy atom. The van der Waals surface area contributed by atoms with E-state index in [1.807, 2.05) is 0 Å². The normalized spacial score (nSPS) is 12.1. The van der Waals surface area contributed by atoms with Gasteiger partial charge in [0.1, 0.15) is 17.0 Å². The van der Waals surface area contributed by atoms with Gasteiger partial charge in [0, 0.05) is 16.6 Å². The molecule has 0 spiro atoms. The molecule has 2 aromatic heterocycles. The molecule has 1 amide bonds. The lowest BCUT2D eigenvalue weighted by molar-refractivity contribution is 0.0526. The minimum Gasteiger partial charge on any atom is -0.462 e. The van der Waals surface area contributed by atoms with Crippen molar-refractivity contribution < 1.29 is 14.3 Å². The first-order valence-corrected chi connectivity index (χ1v) is 10.4. The van der Waals surface area contributed by atoms with Crippen LogP contribution >= 0.6 is 0 Å². The average Bonchev–Trinajstić information content (AvgIpc) is 3.21. The second-order valence-electron chi connectivity index (χ2n) is 9.54. The number of aromatic amines is 1. The van der Waals surface area contributed by atoms with Gasteiger partial charge >= 0.3 is 5.97 Å². The number of anilines is 2. The highest BCUT2D eigenvalue weighted by Gasteiger charge is 2.28. The SMILES string of the molecule is CCOC(=O)c1ccc(NC(=O)c2cnn3c(NC(C)(C)C)c(C(C)(C)C)[nH]c23)cc1. The summed E-state index contributed by atoms with van der Waals surface area (Å²) in [6.45, 7) is 14.6.